The summed E-state index contributed by atoms with van der Waals surface area (Å²) in [5.41, 5.74) is 8.35. The smallest absolute Gasteiger partial charge is 0.184 e. The quantitative estimate of drug-likeness (QED) is 0.817. The molecule has 5 heteroatoms. The highest BCUT2D eigenvalue weighted by atomic mass is 35.5. The molecule has 0 spiro atoms. The molecule has 25 heavy (non-hydrogen) atoms. The molecule has 0 saturated carbocycles. The fraction of sp³-hybridized carbons (Fsp3) is 0.350. The van der Waals surface area contributed by atoms with Crippen molar-refractivity contribution >= 4 is 17.4 Å². The second kappa shape index (κ2) is 8.00. The van der Waals surface area contributed by atoms with Crippen molar-refractivity contribution in [1.82, 2.24) is 0 Å². The summed E-state index contributed by atoms with van der Waals surface area (Å²) in [5, 5.41) is 0.612. The fourth-order valence-corrected chi connectivity index (χ4v) is 3.01. The molecular formula is C20H22ClNO3. The predicted octanol–water partition coefficient (Wildman–Crippen LogP) is 4.09. The highest BCUT2D eigenvalue weighted by molar-refractivity contribution is 6.31. The van der Waals surface area contributed by atoms with Crippen molar-refractivity contribution in [3.8, 4) is 5.75 Å². The van der Waals surface area contributed by atoms with Gasteiger partial charge in [0, 0.05) is 23.4 Å². The van der Waals surface area contributed by atoms with E-state index in [1.54, 1.807) is 18.2 Å². The van der Waals surface area contributed by atoms with Crippen LogP contribution in [0.4, 0.5) is 0 Å². The second-order valence-corrected chi connectivity index (χ2v) is 6.71. The fourth-order valence-electron chi connectivity index (χ4n) is 2.82. The maximum atomic E-state index is 12.6. The number of hydrogen-bond acceptors (Lipinski definition) is 4. The Hall–Kier alpha value is -1.88. The Morgan fingerprint density at radius 1 is 1.20 bits per heavy atom. The molecule has 1 saturated heterocycles. The van der Waals surface area contributed by atoms with Gasteiger partial charge in [-0.15, -0.1) is 0 Å². The Kier molecular flexibility index (Phi) is 5.74. The molecule has 2 N–H and O–H groups in total. The van der Waals surface area contributed by atoms with E-state index in [4.69, 9.17) is 26.8 Å². The van der Waals surface area contributed by atoms with Crippen LogP contribution >= 0.6 is 11.6 Å². The number of ether oxygens (including phenoxy) is 2. The van der Waals surface area contributed by atoms with E-state index in [1.165, 1.54) is 0 Å². The van der Waals surface area contributed by atoms with Gasteiger partial charge in [0.2, 0.25) is 0 Å². The average molecular weight is 360 g/mol. The summed E-state index contributed by atoms with van der Waals surface area (Å²) in [7, 11) is 0. The van der Waals surface area contributed by atoms with Gasteiger partial charge < -0.3 is 15.2 Å². The van der Waals surface area contributed by atoms with Crippen LogP contribution in [0.2, 0.25) is 5.02 Å². The molecule has 0 aromatic heterocycles. The van der Waals surface area contributed by atoms with Crippen molar-refractivity contribution in [2.45, 2.75) is 31.9 Å². The second-order valence-electron chi connectivity index (χ2n) is 6.30. The minimum absolute atomic E-state index is 0.141. The van der Waals surface area contributed by atoms with E-state index in [2.05, 4.69) is 0 Å². The Balaban J connectivity index is 1.68. The Bertz CT molecular complexity index is 739. The largest absolute Gasteiger partial charge is 0.490 e. The highest BCUT2D eigenvalue weighted by Crippen LogP contribution is 2.24. The predicted molar refractivity (Wildman–Crippen MR) is 98.4 cm³/mol. The van der Waals surface area contributed by atoms with Crippen LogP contribution < -0.4 is 10.5 Å². The number of carbonyl (C=O) groups is 1. The van der Waals surface area contributed by atoms with Crippen LogP contribution in [0.3, 0.4) is 0 Å². The van der Waals surface area contributed by atoms with Gasteiger partial charge in [0.25, 0.3) is 0 Å². The number of aryl methyl sites for hydroxylation is 1. The number of hydrogen-bond donors (Lipinski definition) is 1. The lowest BCUT2D eigenvalue weighted by atomic mass is 9.97. The number of Topliss-reactive ketones (excluding diaryl/α,β-unsaturated/α-hetero) is 1. The normalized spacial score (nSPS) is 16.4. The molecule has 1 aliphatic rings. The maximum absolute atomic E-state index is 12.6. The van der Waals surface area contributed by atoms with Gasteiger partial charge >= 0.3 is 0 Å². The van der Waals surface area contributed by atoms with Gasteiger partial charge in [-0.3, -0.25) is 4.79 Å². The van der Waals surface area contributed by atoms with E-state index < -0.39 is 6.04 Å². The minimum Gasteiger partial charge on any atom is -0.490 e. The zero-order valence-electron chi connectivity index (χ0n) is 14.2. The van der Waals surface area contributed by atoms with E-state index in [1.807, 2.05) is 31.2 Å². The number of rotatable bonds is 5. The molecule has 3 rings (SSSR count). The van der Waals surface area contributed by atoms with Crippen LogP contribution in [0.15, 0.2) is 42.5 Å². The molecular weight excluding hydrogens is 338 g/mol. The first-order chi connectivity index (χ1) is 12.0. The molecule has 0 radical (unpaired) electrons. The van der Waals surface area contributed by atoms with Gasteiger partial charge in [0.15, 0.2) is 5.78 Å². The van der Waals surface area contributed by atoms with E-state index in [0.717, 1.165) is 37.4 Å². The third kappa shape index (κ3) is 4.40. The molecule has 1 fully saturated rings. The Morgan fingerprint density at radius 2 is 1.88 bits per heavy atom. The van der Waals surface area contributed by atoms with E-state index >= 15 is 0 Å². The molecule has 2 aromatic rings. The number of carbonyl (C=O) groups excluding carboxylic acids is 1. The van der Waals surface area contributed by atoms with E-state index in [-0.39, 0.29) is 11.9 Å². The summed E-state index contributed by atoms with van der Waals surface area (Å²) in [4.78, 5) is 12.6. The molecule has 1 atom stereocenters. The van der Waals surface area contributed by atoms with Crippen LogP contribution in [0, 0.1) is 6.92 Å². The molecule has 0 amide bonds. The first-order valence-electron chi connectivity index (χ1n) is 8.45. The van der Waals surface area contributed by atoms with E-state index in [9.17, 15) is 4.79 Å². The minimum atomic E-state index is -0.736. The topological polar surface area (TPSA) is 61.6 Å². The number of benzene rings is 2. The van der Waals surface area contributed by atoms with Crippen LogP contribution in [0.1, 0.15) is 40.4 Å². The van der Waals surface area contributed by atoms with Gasteiger partial charge in [-0.25, -0.2) is 0 Å². The molecule has 0 aliphatic carbocycles. The Labute approximate surface area is 152 Å². The van der Waals surface area contributed by atoms with Gasteiger partial charge in [-0.1, -0.05) is 23.7 Å². The summed E-state index contributed by atoms with van der Waals surface area (Å²) in [6.45, 7) is 3.38. The first-order valence-corrected chi connectivity index (χ1v) is 8.82. The number of ketones is 1. The first kappa shape index (κ1) is 17.9. The summed E-state index contributed by atoms with van der Waals surface area (Å²) in [5.74, 6) is 0.618. The van der Waals surface area contributed by atoms with Gasteiger partial charge in [-0.05, 0) is 48.4 Å². The molecule has 4 nitrogen and oxygen atoms in total. The standard InChI is InChI=1S/C20H22ClNO3/c1-13-2-3-15(12-18(13)21)19(22)20(23)14-4-6-16(7-5-14)25-17-8-10-24-11-9-17/h2-7,12,17,19H,8-11,22H2,1H3. The zero-order valence-corrected chi connectivity index (χ0v) is 15.0. The molecule has 2 aromatic carbocycles. The van der Waals surface area contributed by atoms with Gasteiger partial charge in [-0.2, -0.15) is 0 Å². The maximum Gasteiger partial charge on any atom is 0.184 e. The van der Waals surface area contributed by atoms with Gasteiger partial charge in [0.05, 0.1) is 19.3 Å². The lowest BCUT2D eigenvalue weighted by molar-refractivity contribution is 0.0256. The van der Waals surface area contributed by atoms with Crippen LogP contribution in [0.5, 0.6) is 5.75 Å². The van der Waals surface area contributed by atoms with Crippen molar-refractivity contribution in [1.29, 1.82) is 0 Å². The van der Waals surface area contributed by atoms with Crippen molar-refractivity contribution in [2.75, 3.05) is 13.2 Å². The third-order valence-corrected chi connectivity index (χ3v) is 4.85. The summed E-state index contributed by atoms with van der Waals surface area (Å²) in [6, 6.07) is 11.9. The van der Waals surface area contributed by atoms with Crippen molar-refractivity contribution in [3.05, 3.63) is 64.2 Å². The summed E-state index contributed by atoms with van der Waals surface area (Å²) < 4.78 is 11.2. The van der Waals surface area contributed by atoms with Crippen molar-refractivity contribution in [3.63, 3.8) is 0 Å². The molecule has 1 unspecified atom stereocenters. The molecule has 1 heterocycles. The lowest BCUT2D eigenvalue weighted by Crippen LogP contribution is -2.26. The zero-order chi connectivity index (χ0) is 17.8. The third-order valence-electron chi connectivity index (χ3n) is 4.45. The molecule has 1 aliphatic heterocycles. The average Bonchev–Trinajstić information content (AvgIpc) is 2.64. The number of halogens is 1. The summed E-state index contributed by atoms with van der Waals surface area (Å²) >= 11 is 6.13. The Morgan fingerprint density at radius 3 is 2.52 bits per heavy atom. The molecule has 0 bridgehead atoms. The van der Waals surface area contributed by atoms with Crippen LogP contribution in [-0.2, 0) is 4.74 Å². The SMILES string of the molecule is Cc1ccc(C(N)C(=O)c2ccc(OC3CCOCC3)cc2)cc1Cl. The van der Waals surface area contributed by atoms with Gasteiger partial charge in [0.1, 0.15) is 11.9 Å². The van der Waals surface area contributed by atoms with E-state index in [0.29, 0.717) is 16.1 Å². The lowest BCUT2D eigenvalue weighted by Gasteiger charge is -2.23. The van der Waals surface area contributed by atoms with Crippen LogP contribution in [-0.4, -0.2) is 25.1 Å². The number of nitrogens with two attached hydrogens (primary N) is 1. The van der Waals surface area contributed by atoms with Crippen molar-refractivity contribution in [2.24, 2.45) is 5.73 Å². The molecule has 132 valence electrons. The highest BCUT2D eigenvalue weighted by Gasteiger charge is 2.19. The monoisotopic (exact) mass is 359 g/mol. The van der Waals surface area contributed by atoms with Crippen molar-refractivity contribution < 1.29 is 14.3 Å². The van der Waals surface area contributed by atoms with Crippen LogP contribution in [0.25, 0.3) is 0 Å². The summed E-state index contributed by atoms with van der Waals surface area (Å²) in [6.07, 6.45) is 1.95.